The minimum absolute atomic E-state index is 0.0993. The molecule has 13 heteroatoms. The Morgan fingerprint density at radius 2 is 1.64 bits per heavy atom. The molecule has 0 saturated carbocycles. The number of hydrogen-bond acceptors (Lipinski definition) is 10. The second-order valence-electron chi connectivity index (χ2n) is 11.9. The van der Waals surface area contributed by atoms with Crippen LogP contribution in [0, 0.1) is 5.92 Å². The van der Waals surface area contributed by atoms with E-state index in [1.807, 2.05) is 6.07 Å². The van der Waals surface area contributed by atoms with Crippen molar-refractivity contribution in [1.82, 2.24) is 25.3 Å². The molecule has 3 atom stereocenters. The third-order valence-electron chi connectivity index (χ3n) is 9.44. The summed E-state index contributed by atoms with van der Waals surface area (Å²) in [5.41, 5.74) is 6.96. The van der Waals surface area contributed by atoms with Gasteiger partial charge < -0.3 is 15.5 Å². The molecule has 0 aliphatic carbocycles. The fourth-order valence-electron chi connectivity index (χ4n) is 7.12. The third-order valence-corrected chi connectivity index (χ3v) is 9.44. The number of nitrogens with one attached hydrogen (secondary N) is 1. The second kappa shape index (κ2) is 10.2. The molecule has 2 bridgehead atoms. The average molecular weight is 573 g/mol. The summed E-state index contributed by atoms with van der Waals surface area (Å²) < 4.78 is 0. The van der Waals surface area contributed by atoms with Gasteiger partial charge >= 0.3 is 0 Å². The van der Waals surface area contributed by atoms with E-state index in [-0.39, 0.29) is 24.4 Å². The van der Waals surface area contributed by atoms with E-state index in [1.54, 1.807) is 24.3 Å². The quantitative estimate of drug-likeness (QED) is 0.456. The highest BCUT2D eigenvalue weighted by atomic mass is 16.2. The smallest absolute Gasteiger partial charge is 0.269 e. The Morgan fingerprint density at radius 3 is 2.31 bits per heavy atom. The Hall–Kier alpha value is -4.39. The van der Waals surface area contributed by atoms with E-state index in [1.165, 1.54) is 0 Å². The molecule has 7 heterocycles. The molecule has 3 unspecified atom stereocenters. The molecule has 42 heavy (non-hydrogen) atoms. The Balaban J connectivity index is 0.950. The lowest BCUT2D eigenvalue weighted by atomic mass is 9.84. The highest BCUT2D eigenvalue weighted by Gasteiger charge is 2.47. The van der Waals surface area contributed by atoms with Crippen LogP contribution in [0.4, 0.5) is 11.5 Å². The molecular formula is C29H32N8O5. The third kappa shape index (κ3) is 4.48. The molecule has 5 fully saturated rings. The number of carbonyl (C=O) groups is 5. The van der Waals surface area contributed by atoms with Crippen LogP contribution in [0.3, 0.4) is 0 Å². The number of piperidine rings is 3. The zero-order valence-corrected chi connectivity index (χ0v) is 23.1. The van der Waals surface area contributed by atoms with Crippen LogP contribution >= 0.6 is 0 Å². The Bertz CT molecular complexity index is 1480. The standard InChI is InChI=1S/C29H32N8O5/c30-26(39)22-3-5-24(33-32-22)34-9-7-16(8-10-34)13-36-18-11-19(36)15-35(14-18)17-1-2-20-21(12-17)29(42)37(28(20)41)23-4-6-25(38)31-27(23)40/h1-3,5,12,16,18-19,23H,4,6-11,13-15H2,(H2,30,39)(H,31,38,40). The van der Waals surface area contributed by atoms with Crippen LogP contribution in [-0.4, -0.2) is 100 Å². The highest BCUT2D eigenvalue weighted by Crippen LogP contribution is 2.38. The summed E-state index contributed by atoms with van der Waals surface area (Å²) in [6, 6.07) is 8.71. The maximum absolute atomic E-state index is 13.3. The number of hydrogen-bond donors (Lipinski definition) is 2. The number of amides is 5. The van der Waals surface area contributed by atoms with Gasteiger partial charge in [-0.1, -0.05) is 0 Å². The summed E-state index contributed by atoms with van der Waals surface area (Å²) in [5, 5.41) is 10.3. The summed E-state index contributed by atoms with van der Waals surface area (Å²) >= 11 is 0. The van der Waals surface area contributed by atoms with Crippen molar-refractivity contribution < 1.29 is 24.0 Å². The largest absolute Gasteiger partial charge is 0.368 e. The van der Waals surface area contributed by atoms with Crippen LogP contribution in [0.15, 0.2) is 30.3 Å². The normalized spacial score (nSPS) is 26.3. The first kappa shape index (κ1) is 26.5. The number of primary amides is 1. The molecule has 2 aromatic rings. The summed E-state index contributed by atoms with van der Waals surface area (Å²) in [6.45, 7) is 4.55. The monoisotopic (exact) mass is 572 g/mol. The van der Waals surface area contributed by atoms with Crippen molar-refractivity contribution in [3.05, 3.63) is 47.2 Å². The van der Waals surface area contributed by atoms with E-state index in [0.29, 0.717) is 29.1 Å². The maximum atomic E-state index is 13.3. The number of carbonyl (C=O) groups excluding carboxylic acids is 5. The fourth-order valence-corrected chi connectivity index (χ4v) is 7.12. The van der Waals surface area contributed by atoms with Crippen molar-refractivity contribution in [3.8, 4) is 0 Å². The second-order valence-corrected chi connectivity index (χ2v) is 11.9. The SMILES string of the molecule is NC(=O)c1ccc(N2CCC(CN3C4CC3CN(c3ccc5c(c3)C(=O)N(C3CCC(=O)NC3=O)C5=O)C4)CC2)nn1. The van der Waals surface area contributed by atoms with Crippen molar-refractivity contribution in [2.75, 3.05) is 42.5 Å². The van der Waals surface area contributed by atoms with Gasteiger partial charge in [-0.3, -0.25) is 39.1 Å². The molecule has 13 nitrogen and oxygen atoms in total. The molecule has 0 radical (unpaired) electrons. The number of piperazine rings is 1. The molecule has 6 aliphatic rings. The Kier molecular flexibility index (Phi) is 6.41. The molecule has 5 saturated heterocycles. The van der Waals surface area contributed by atoms with Gasteiger partial charge in [0.1, 0.15) is 6.04 Å². The van der Waals surface area contributed by atoms with Crippen molar-refractivity contribution in [3.63, 3.8) is 0 Å². The van der Waals surface area contributed by atoms with Gasteiger partial charge in [-0.05, 0) is 61.9 Å². The number of fused-ring (bicyclic) bond motifs is 3. The van der Waals surface area contributed by atoms with Crippen molar-refractivity contribution in [1.29, 1.82) is 0 Å². The van der Waals surface area contributed by atoms with Gasteiger partial charge in [0.25, 0.3) is 17.7 Å². The summed E-state index contributed by atoms with van der Waals surface area (Å²) in [5.74, 6) is -1.16. The van der Waals surface area contributed by atoms with Gasteiger partial charge in [0.15, 0.2) is 11.5 Å². The van der Waals surface area contributed by atoms with Gasteiger partial charge in [0, 0.05) is 56.9 Å². The zero-order chi connectivity index (χ0) is 29.1. The first-order valence-electron chi connectivity index (χ1n) is 14.5. The Morgan fingerprint density at radius 1 is 0.905 bits per heavy atom. The number of imide groups is 2. The van der Waals surface area contributed by atoms with Crippen LogP contribution in [-0.2, 0) is 9.59 Å². The lowest BCUT2D eigenvalue weighted by Gasteiger charge is -2.58. The predicted molar refractivity (Wildman–Crippen MR) is 150 cm³/mol. The zero-order valence-electron chi connectivity index (χ0n) is 23.1. The van der Waals surface area contributed by atoms with Crippen LogP contribution in [0.5, 0.6) is 0 Å². The van der Waals surface area contributed by atoms with Crippen molar-refractivity contribution in [2.45, 2.75) is 50.2 Å². The van der Waals surface area contributed by atoms with E-state index in [0.717, 1.165) is 68.4 Å². The maximum Gasteiger partial charge on any atom is 0.269 e. The predicted octanol–water partition coefficient (Wildman–Crippen LogP) is 0.156. The van der Waals surface area contributed by atoms with Crippen LogP contribution < -0.4 is 20.9 Å². The van der Waals surface area contributed by atoms with E-state index in [9.17, 15) is 24.0 Å². The molecule has 6 aliphatic heterocycles. The molecular weight excluding hydrogens is 540 g/mol. The number of aromatic nitrogens is 2. The fraction of sp³-hybridized carbons (Fsp3) is 0.483. The van der Waals surface area contributed by atoms with Gasteiger partial charge in [-0.2, -0.15) is 0 Å². The summed E-state index contributed by atoms with van der Waals surface area (Å²) in [4.78, 5) is 69.6. The lowest BCUT2D eigenvalue weighted by Crippen LogP contribution is -2.69. The summed E-state index contributed by atoms with van der Waals surface area (Å²) in [6.07, 6.45) is 3.52. The van der Waals surface area contributed by atoms with Crippen molar-refractivity contribution >= 4 is 41.0 Å². The van der Waals surface area contributed by atoms with Gasteiger partial charge in [0.05, 0.1) is 11.1 Å². The molecule has 218 valence electrons. The molecule has 1 aromatic carbocycles. The first-order valence-corrected chi connectivity index (χ1v) is 14.5. The van der Waals surface area contributed by atoms with Crippen molar-refractivity contribution in [2.24, 2.45) is 11.7 Å². The lowest BCUT2D eigenvalue weighted by molar-refractivity contribution is -0.136. The Labute approximate surface area is 242 Å². The highest BCUT2D eigenvalue weighted by molar-refractivity contribution is 6.23. The molecule has 5 amide bonds. The molecule has 8 rings (SSSR count). The number of anilines is 2. The van der Waals surface area contributed by atoms with Crippen LogP contribution in [0.2, 0.25) is 0 Å². The molecule has 0 spiro atoms. The van der Waals surface area contributed by atoms with Gasteiger partial charge in [-0.25, -0.2) is 0 Å². The number of nitrogens with two attached hydrogens (primary N) is 1. The number of rotatable bonds is 6. The molecule has 3 N–H and O–H groups in total. The number of benzene rings is 1. The van der Waals surface area contributed by atoms with E-state index < -0.39 is 29.7 Å². The molecule has 1 aromatic heterocycles. The average Bonchev–Trinajstić information content (AvgIpc) is 3.25. The summed E-state index contributed by atoms with van der Waals surface area (Å²) in [7, 11) is 0. The van der Waals surface area contributed by atoms with Crippen LogP contribution in [0.1, 0.15) is 63.3 Å². The minimum Gasteiger partial charge on any atom is -0.368 e. The van der Waals surface area contributed by atoms with Gasteiger partial charge in [0.2, 0.25) is 11.8 Å². The van der Waals surface area contributed by atoms with Crippen LogP contribution in [0.25, 0.3) is 0 Å². The first-order chi connectivity index (χ1) is 20.3. The number of nitrogens with zero attached hydrogens (tertiary/aromatic N) is 6. The van der Waals surface area contributed by atoms with Gasteiger partial charge in [-0.15, -0.1) is 10.2 Å². The van der Waals surface area contributed by atoms with E-state index >= 15 is 0 Å². The van der Waals surface area contributed by atoms with E-state index in [4.69, 9.17) is 5.73 Å². The van der Waals surface area contributed by atoms with E-state index in [2.05, 4.69) is 30.2 Å². The minimum atomic E-state index is -0.961. The topological polar surface area (TPSA) is 162 Å².